The van der Waals surface area contributed by atoms with Crippen molar-refractivity contribution >= 4 is 51.9 Å². The summed E-state index contributed by atoms with van der Waals surface area (Å²) in [5.41, 5.74) is 4.53. The molecule has 0 bridgehead atoms. The first kappa shape index (κ1) is 16.2. The zero-order chi connectivity index (χ0) is 17.1. The molecule has 0 aliphatic carbocycles. The first-order valence-corrected chi connectivity index (χ1v) is 8.18. The molecule has 7 heteroatoms. The van der Waals surface area contributed by atoms with Crippen LogP contribution in [0.2, 0.25) is 0 Å². The first-order chi connectivity index (χ1) is 11.5. The highest BCUT2D eigenvalue weighted by Crippen LogP contribution is 2.32. The molecule has 0 saturated carbocycles. The number of carboxylic acids is 1. The van der Waals surface area contributed by atoms with Crippen molar-refractivity contribution in [3.05, 3.63) is 70.6 Å². The lowest BCUT2D eigenvalue weighted by atomic mass is 10.1. The quantitative estimate of drug-likeness (QED) is 0.670. The predicted molar refractivity (Wildman–Crippen MR) is 95.8 cm³/mol. The Morgan fingerprint density at radius 2 is 1.79 bits per heavy atom. The van der Waals surface area contributed by atoms with Crippen LogP contribution in [-0.4, -0.2) is 21.2 Å². The summed E-state index contributed by atoms with van der Waals surface area (Å²) in [6, 6.07) is 15.4. The number of hydrogen-bond donors (Lipinski definition) is 1. The van der Waals surface area contributed by atoms with Gasteiger partial charge in [-0.1, -0.05) is 54.2 Å². The Kier molecular flexibility index (Phi) is 4.64. The molecule has 120 valence electrons. The number of aromatic carboxylic acids is 1. The summed E-state index contributed by atoms with van der Waals surface area (Å²) in [4.78, 5) is 23.7. The molecule has 1 aliphatic heterocycles. The molecule has 1 amide bonds. The first-order valence-electron chi connectivity index (χ1n) is 6.95. The van der Waals surface area contributed by atoms with Crippen LogP contribution < -0.4 is 10.5 Å². The molecule has 1 N–H and O–H groups in total. The summed E-state index contributed by atoms with van der Waals surface area (Å²) in [5.74, 6) is -1.49. The smallest absolute Gasteiger partial charge is 0.285 e. The summed E-state index contributed by atoms with van der Waals surface area (Å²) in [7, 11) is 0. The maximum Gasteiger partial charge on any atom is 0.285 e. The maximum absolute atomic E-state index is 12.5. The summed E-state index contributed by atoms with van der Waals surface area (Å²) in [6.45, 7) is 0. The number of hydrogen-bond acceptors (Lipinski definition) is 6. The fourth-order valence-electron chi connectivity index (χ4n) is 2.07. The van der Waals surface area contributed by atoms with E-state index in [0.29, 0.717) is 14.8 Å². The molecule has 3 rings (SSSR count). The van der Waals surface area contributed by atoms with Crippen LogP contribution in [0.25, 0.3) is 6.08 Å². The van der Waals surface area contributed by atoms with E-state index >= 15 is 0 Å². The van der Waals surface area contributed by atoms with Crippen molar-refractivity contribution in [1.29, 1.82) is 0 Å². The van der Waals surface area contributed by atoms with E-state index in [1.54, 1.807) is 18.2 Å². The molecule has 1 heterocycles. The molecule has 24 heavy (non-hydrogen) atoms. The van der Waals surface area contributed by atoms with Crippen LogP contribution in [-0.2, 0) is 4.79 Å². The average molecular weight is 355 g/mol. The fourth-order valence-corrected chi connectivity index (χ4v) is 3.25. The van der Waals surface area contributed by atoms with E-state index in [0.717, 1.165) is 5.69 Å². The topological polar surface area (TPSA) is 72.5 Å². The minimum absolute atomic E-state index is 0.0884. The number of amides is 1. The normalized spacial score (nSPS) is 15.8. The van der Waals surface area contributed by atoms with Gasteiger partial charge >= 0.3 is 0 Å². The van der Waals surface area contributed by atoms with E-state index in [-0.39, 0.29) is 11.5 Å². The lowest BCUT2D eigenvalue weighted by Crippen LogP contribution is -2.33. The van der Waals surface area contributed by atoms with Gasteiger partial charge in [-0.15, -0.1) is 0 Å². The van der Waals surface area contributed by atoms with Gasteiger partial charge < -0.3 is 9.90 Å². The van der Waals surface area contributed by atoms with Crippen molar-refractivity contribution in [2.75, 3.05) is 5.43 Å². The molecular weight excluding hydrogens is 344 g/mol. The number of thiocarbonyl (C=S) groups is 1. The summed E-state index contributed by atoms with van der Waals surface area (Å²) in [5, 5.41) is 12.1. The van der Waals surface area contributed by atoms with E-state index < -0.39 is 5.97 Å². The van der Waals surface area contributed by atoms with E-state index in [2.05, 4.69) is 5.43 Å². The molecule has 0 spiro atoms. The number of carbonyl (C=O) groups is 2. The van der Waals surface area contributed by atoms with Crippen molar-refractivity contribution < 1.29 is 14.7 Å². The molecule has 2 aromatic carbocycles. The number of thioether (sulfide) groups is 1. The summed E-state index contributed by atoms with van der Waals surface area (Å²) in [6.07, 6.45) is 1.67. The third kappa shape index (κ3) is 3.47. The molecule has 1 fully saturated rings. The number of hydrazine groups is 1. The van der Waals surface area contributed by atoms with Crippen LogP contribution in [0.1, 0.15) is 15.9 Å². The van der Waals surface area contributed by atoms with Crippen molar-refractivity contribution in [3.63, 3.8) is 0 Å². The zero-order valence-electron chi connectivity index (χ0n) is 12.3. The largest absolute Gasteiger partial charge is 0.545 e. The van der Waals surface area contributed by atoms with Gasteiger partial charge in [0.2, 0.25) is 0 Å². The number of anilines is 1. The number of para-hydroxylation sites is 1. The number of rotatable bonds is 4. The minimum atomic E-state index is -1.24. The van der Waals surface area contributed by atoms with Crippen LogP contribution in [0, 0.1) is 0 Å². The van der Waals surface area contributed by atoms with Gasteiger partial charge in [0, 0.05) is 0 Å². The van der Waals surface area contributed by atoms with Gasteiger partial charge in [0.05, 0.1) is 16.6 Å². The van der Waals surface area contributed by atoms with Crippen LogP contribution in [0.3, 0.4) is 0 Å². The Labute approximate surface area is 147 Å². The van der Waals surface area contributed by atoms with Gasteiger partial charge in [0.15, 0.2) is 4.32 Å². The summed E-state index contributed by atoms with van der Waals surface area (Å²) >= 11 is 6.43. The Bertz CT molecular complexity index is 833. The molecule has 0 unspecified atom stereocenters. The van der Waals surface area contributed by atoms with Crippen molar-refractivity contribution in [1.82, 2.24) is 5.01 Å². The highest BCUT2D eigenvalue weighted by molar-refractivity contribution is 8.26. The van der Waals surface area contributed by atoms with Crippen molar-refractivity contribution in [2.45, 2.75) is 0 Å². The molecule has 1 saturated heterocycles. The zero-order valence-corrected chi connectivity index (χ0v) is 13.9. The molecule has 0 aromatic heterocycles. The van der Waals surface area contributed by atoms with Crippen LogP contribution in [0.5, 0.6) is 0 Å². The monoisotopic (exact) mass is 355 g/mol. The van der Waals surface area contributed by atoms with Crippen LogP contribution in [0.4, 0.5) is 5.69 Å². The van der Waals surface area contributed by atoms with Crippen molar-refractivity contribution in [3.8, 4) is 0 Å². The molecule has 1 aliphatic rings. The third-order valence-electron chi connectivity index (χ3n) is 3.25. The predicted octanol–water partition coefficient (Wildman–Crippen LogP) is 2.28. The number of nitrogens with zero attached hydrogens (tertiary/aromatic N) is 1. The second kappa shape index (κ2) is 6.86. The average Bonchev–Trinajstić information content (AvgIpc) is 2.84. The van der Waals surface area contributed by atoms with Crippen LogP contribution in [0.15, 0.2) is 59.5 Å². The Morgan fingerprint density at radius 1 is 1.12 bits per heavy atom. The molecule has 5 nitrogen and oxygen atoms in total. The highest BCUT2D eigenvalue weighted by Gasteiger charge is 2.32. The molecular formula is C17H11N2O3S2-. The standard InChI is InChI=1S/C17H12N2O3S2/c20-15-14(10-11-6-8-12(9-7-11)16(21)22)24-17(23)19(15)18-13-4-2-1-3-5-13/h1-10,18H,(H,21,22)/p-1/b14-10-. The van der Waals surface area contributed by atoms with Gasteiger partial charge in [-0.2, -0.15) is 0 Å². The lowest BCUT2D eigenvalue weighted by Gasteiger charge is -2.16. The molecule has 2 aromatic rings. The number of carbonyl (C=O) groups excluding carboxylic acids is 2. The minimum Gasteiger partial charge on any atom is -0.545 e. The molecule has 0 atom stereocenters. The Hall–Kier alpha value is -2.64. The van der Waals surface area contributed by atoms with E-state index in [1.807, 2.05) is 30.3 Å². The highest BCUT2D eigenvalue weighted by atomic mass is 32.2. The molecule has 0 radical (unpaired) electrons. The number of benzene rings is 2. The van der Waals surface area contributed by atoms with Gasteiger partial charge in [0.1, 0.15) is 0 Å². The second-order valence-electron chi connectivity index (χ2n) is 4.90. The van der Waals surface area contributed by atoms with Crippen molar-refractivity contribution in [2.24, 2.45) is 0 Å². The SMILES string of the molecule is O=C([O-])c1ccc(/C=C2\SC(=S)N(Nc3ccccc3)C2=O)cc1. The Balaban J connectivity index is 1.79. The fraction of sp³-hybridized carbons (Fsp3) is 0. The number of nitrogens with one attached hydrogen (secondary N) is 1. The van der Waals surface area contributed by atoms with E-state index in [4.69, 9.17) is 12.2 Å². The van der Waals surface area contributed by atoms with Gasteiger partial charge in [0.25, 0.3) is 5.91 Å². The van der Waals surface area contributed by atoms with Gasteiger partial charge in [-0.3, -0.25) is 10.2 Å². The van der Waals surface area contributed by atoms with Gasteiger partial charge in [-0.25, -0.2) is 5.01 Å². The van der Waals surface area contributed by atoms with Crippen LogP contribution >= 0.6 is 24.0 Å². The number of carboxylic acid groups (broad SMARTS) is 1. The third-order valence-corrected chi connectivity index (χ3v) is 4.55. The Morgan fingerprint density at radius 3 is 2.42 bits per heavy atom. The lowest BCUT2D eigenvalue weighted by molar-refractivity contribution is -0.255. The van der Waals surface area contributed by atoms with E-state index in [1.165, 1.54) is 28.9 Å². The second-order valence-corrected chi connectivity index (χ2v) is 6.58. The maximum atomic E-state index is 12.5. The van der Waals surface area contributed by atoms with E-state index in [9.17, 15) is 14.7 Å². The summed E-state index contributed by atoms with van der Waals surface area (Å²) < 4.78 is 0.404. The van der Waals surface area contributed by atoms with Gasteiger partial charge in [-0.05, 0) is 41.6 Å².